The van der Waals surface area contributed by atoms with E-state index < -0.39 is 0 Å². The summed E-state index contributed by atoms with van der Waals surface area (Å²) in [4.78, 5) is 4.42. The fourth-order valence-electron chi connectivity index (χ4n) is 1.48. The Hall–Kier alpha value is -0.830. The van der Waals surface area contributed by atoms with Crippen LogP contribution in [0.15, 0.2) is 21.8 Å². The number of nitrogens with one attached hydrogen (secondary N) is 2. The molecule has 2 N–H and O–H groups in total. The third-order valence-corrected chi connectivity index (χ3v) is 2.61. The molecule has 0 aliphatic carbocycles. The molecule has 0 aromatic carbocycles. The number of rotatable bonds is 9. The predicted octanol–water partition coefficient (Wildman–Crippen LogP) is 2.41. The molecule has 0 spiro atoms. The van der Waals surface area contributed by atoms with E-state index in [0.29, 0.717) is 19.1 Å². The summed E-state index contributed by atoms with van der Waals surface area (Å²) in [6.45, 7) is 9.98. The molecular formula is C14H27IN4O2. The summed E-state index contributed by atoms with van der Waals surface area (Å²) in [5.74, 6) is 1.45. The van der Waals surface area contributed by atoms with Gasteiger partial charge in [0.05, 0.1) is 13.2 Å². The van der Waals surface area contributed by atoms with Gasteiger partial charge in [-0.15, -0.1) is 24.0 Å². The van der Waals surface area contributed by atoms with Gasteiger partial charge in [-0.25, -0.2) is 4.99 Å². The van der Waals surface area contributed by atoms with E-state index in [1.165, 1.54) is 0 Å². The van der Waals surface area contributed by atoms with E-state index in [4.69, 9.17) is 9.26 Å². The molecule has 6 nitrogen and oxygen atoms in total. The molecule has 0 aliphatic rings. The molecule has 0 saturated heterocycles. The van der Waals surface area contributed by atoms with Gasteiger partial charge < -0.3 is 19.9 Å². The van der Waals surface area contributed by atoms with E-state index in [2.05, 4.69) is 34.6 Å². The second-order valence-electron chi connectivity index (χ2n) is 4.91. The maximum atomic E-state index is 5.55. The lowest BCUT2D eigenvalue weighted by Gasteiger charge is -2.11. The molecule has 0 saturated carbocycles. The van der Waals surface area contributed by atoms with Crippen LogP contribution >= 0.6 is 24.0 Å². The van der Waals surface area contributed by atoms with Crippen LogP contribution in [-0.4, -0.2) is 37.4 Å². The van der Waals surface area contributed by atoms with Gasteiger partial charge in [-0.3, -0.25) is 0 Å². The minimum Gasteiger partial charge on any atom is -0.380 e. The Balaban J connectivity index is 0.00000400. The Morgan fingerprint density at radius 3 is 2.81 bits per heavy atom. The van der Waals surface area contributed by atoms with E-state index in [1.807, 2.05) is 13.0 Å². The highest BCUT2D eigenvalue weighted by molar-refractivity contribution is 14.0. The number of aliphatic imine (C=N–C) groups is 1. The average molecular weight is 410 g/mol. The fraction of sp³-hybridized carbons (Fsp3) is 0.714. The maximum Gasteiger partial charge on any atom is 0.191 e. The van der Waals surface area contributed by atoms with Crippen molar-refractivity contribution < 1.29 is 9.26 Å². The largest absolute Gasteiger partial charge is 0.380 e. The molecule has 0 amide bonds. The number of halogens is 1. The molecule has 1 aromatic heterocycles. The molecule has 1 rings (SSSR count). The van der Waals surface area contributed by atoms with Gasteiger partial charge in [-0.2, -0.15) is 0 Å². The Labute approximate surface area is 144 Å². The highest BCUT2D eigenvalue weighted by Gasteiger charge is 1.99. The zero-order chi connectivity index (χ0) is 14.6. The molecule has 0 fully saturated rings. The van der Waals surface area contributed by atoms with Crippen LogP contribution in [-0.2, 0) is 11.3 Å². The van der Waals surface area contributed by atoms with Crippen molar-refractivity contribution in [2.75, 3.05) is 26.3 Å². The number of nitrogens with zero attached hydrogens (tertiary/aromatic N) is 2. The molecule has 122 valence electrons. The van der Waals surface area contributed by atoms with Crippen LogP contribution < -0.4 is 10.6 Å². The summed E-state index contributed by atoms with van der Waals surface area (Å²) in [7, 11) is 0. The summed E-state index contributed by atoms with van der Waals surface area (Å²) < 4.78 is 10.3. The third kappa shape index (κ3) is 10.5. The Morgan fingerprint density at radius 1 is 1.38 bits per heavy atom. The smallest absolute Gasteiger partial charge is 0.191 e. The van der Waals surface area contributed by atoms with Crippen molar-refractivity contribution in [3.05, 3.63) is 18.0 Å². The van der Waals surface area contributed by atoms with Gasteiger partial charge in [0, 0.05) is 25.8 Å². The molecule has 21 heavy (non-hydrogen) atoms. The van der Waals surface area contributed by atoms with Crippen molar-refractivity contribution in [3.63, 3.8) is 0 Å². The van der Waals surface area contributed by atoms with Gasteiger partial charge in [-0.05, 0) is 19.3 Å². The first-order valence-electron chi connectivity index (χ1n) is 7.21. The highest BCUT2D eigenvalue weighted by Crippen LogP contribution is 1.98. The van der Waals surface area contributed by atoms with Crippen molar-refractivity contribution in [1.82, 2.24) is 15.8 Å². The van der Waals surface area contributed by atoms with Crippen molar-refractivity contribution in [1.29, 1.82) is 0 Å². The van der Waals surface area contributed by atoms with Crippen molar-refractivity contribution in [2.24, 2.45) is 10.9 Å². The summed E-state index contributed by atoms with van der Waals surface area (Å²) in [5, 5.41) is 10.2. The molecular weight excluding hydrogens is 383 g/mol. The van der Waals surface area contributed by atoms with Crippen LogP contribution in [0, 0.1) is 5.92 Å². The van der Waals surface area contributed by atoms with Crippen molar-refractivity contribution >= 4 is 29.9 Å². The van der Waals surface area contributed by atoms with E-state index in [9.17, 15) is 0 Å². The maximum absolute atomic E-state index is 5.55. The van der Waals surface area contributed by atoms with E-state index in [0.717, 1.165) is 37.8 Å². The fourth-order valence-corrected chi connectivity index (χ4v) is 1.48. The highest BCUT2D eigenvalue weighted by atomic mass is 127. The van der Waals surface area contributed by atoms with Gasteiger partial charge in [0.1, 0.15) is 12.0 Å². The zero-order valence-electron chi connectivity index (χ0n) is 13.1. The van der Waals surface area contributed by atoms with Crippen LogP contribution in [0.2, 0.25) is 0 Å². The van der Waals surface area contributed by atoms with Gasteiger partial charge in [-0.1, -0.05) is 19.0 Å². The lowest BCUT2D eigenvalue weighted by molar-refractivity contribution is 0.128. The molecule has 7 heteroatoms. The van der Waals surface area contributed by atoms with Crippen LogP contribution in [0.1, 0.15) is 32.9 Å². The summed E-state index contributed by atoms with van der Waals surface area (Å²) in [6, 6.07) is 1.81. The molecule has 0 unspecified atom stereocenters. The van der Waals surface area contributed by atoms with Gasteiger partial charge in [0.15, 0.2) is 5.96 Å². The van der Waals surface area contributed by atoms with Crippen molar-refractivity contribution in [3.8, 4) is 0 Å². The number of hydrogen-bond acceptors (Lipinski definition) is 4. The first kappa shape index (κ1) is 20.2. The summed E-state index contributed by atoms with van der Waals surface area (Å²) >= 11 is 0. The van der Waals surface area contributed by atoms with Crippen LogP contribution in [0.5, 0.6) is 0 Å². The monoisotopic (exact) mass is 410 g/mol. The lowest BCUT2D eigenvalue weighted by atomic mass is 10.1. The first-order chi connectivity index (χ1) is 9.72. The second kappa shape index (κ2) is 12.9. The van der Waals surface area contributed by atoms with Gasteiger partial charge in [0.25, 0.3) is 0 Å². The standard InChI is InChI=1S/C14H26N4O2.HI/c1-4-15-14(17-11-13-6-9-20-18-13)16-7-10-19-8-5-12(2)3;/h6,9,12H,4-5,7-8,10-11H2,1-3H3,(H2,15,16,17);1H. The average Bonchev–Trinajstić information content (AvgIpc) is 2.92. The molecule has 0 radical (unpaired) electrons. The normalized spacial score (nSPS) is 11.3. The molecule has 0 bridgehead atoms. The van der Waals surface area contributed by atoms with Gasteiger partial charge in [0.2, 0.25) is 0 Å². The zero-order valence-corrected chi connectivity index (χ0v) is 15.4. The van der Waals surface area contributed by atoms with Gasteiger partial charge >= 0.3 is 0 Å². The van der Waals surface area contributed by atoms with E-state index in [-0.39, 0.29) is 24.0 Å². The number of hydrogen-bond donors (Lipinski definition) is 2. The number of guanidine groups is 1. The van der Waals surface area contributed by atoms with E-state index >= 15 is 0 Å². The second-order valence-corrected chi connectivity index (χ2v) is 4.91. The molecule has 1 heterocycles. The summed E-state index contributed by atoms with van der Waals surface area (Å²) in [5.41, 5.74) is 0.815. The minimum atomic E-state index is 0. The molecule has 0 atom stereocenters. The van der Waals surface area contributed by atoms with Crippen LogP contribution in [0.4, 0.5) is 0 Å². The first-order valence-corrected chi connectivity index (χ1v) is 7.21. The Bertz CT molecular complexity index is 369. The lowest BCUT2D eigenvalue weighted by Crippen LogP contribution is -2.39. The number of ether oxygens (including phenoxy) is 1. The SMILES string of the molecule is CCNC(=NCc1ccon1)NCCOCCC(C)C.I. The van der Waals surface area contributed by atoms with Crippen LogP contribution in [0.25, 0.3) is 0 Å². The predicted molar refractivity (Wildman–Crippen MR) is 95.0 cm³/mol. The number of aromatic nitrogens is 1. The van der Waals surface area contributed by atoms with E-state index in [1.54, 1.807) is 6.26 Å². The Kier molecular flexibility index (Phi) is 12.4. The Morgan fingerprint density at radius 2 is 2.19 bits per heavy atom. The van der Waals surface area contributed by atoms with Crippen LogP contribution in [0.3, 0.4) is 0 Å². The quantitative estimate of drug-likeness (QED) is 0.283. The van der Waals surface area contributed by atoms with Crippen molar-refractivity contribution in [2.45, 2.75) is 33.7 Å². The molecule has 1 aromatic rings. The third-order valence-electron chi connectivity index (χ3n) is 2.61. The molecule has 0 aliphatic heterocycles. The topological polar surface area (TPSA) is 71.7 Å². The summed E-state index contributed by atoms with van der Waals surface area (Å²) in [6.07, 6.45) is 2.65. The minimum absolute atomic E-state index is 0.